The van der Waals surface area contributed by atoms with E-state index >= 15 is 0 Å². The van der Waals surface area contributed by atoms with E-state index in [-0.39, 0.29) is 12.6 Å². The highest BCUT2D eigenvalue weighted by Gasteiger charge is 2.19. The van der Waals surface area contributed by atoms with E-state index < -0.39 is 5.97 Å². The predicted molar refractivity (Wildman–Crippen MR) is 70.5 cm³/mol. The standard InChI is InChI=1S/C12H23N5O2/c1-4-6-7-17-11(13-14-15-17)8-16(9-12(18)19)10(3)5-2/h10H,4-9H2,1-3H3,(H,18,19). The van der Waals surface area contributed by atoms with Crippen LogP contribution >= 0.6 is 0 Å². The van der Waals surface area contributed by atoms with E-state index in [4.69, 9.17) is 5.11 Å². The average Bonchev–Trinajstić information content (AvgIpc) is 2.81. The van der Waals surface area contributed by atoms with Gasteiger partial charge in [-0.25, -0.2) is 4.68 Å². The molecule has 0 amide bonds. The van der Waals surface area contributed by atoms with Gasteiger partial charge in [0, 0.05) is 12.6 Å². The van der Waals surface area contributed by atoms with Crippen LogP contribution in [0.3, 0.4) is 0 Å². The van der Waals surface area contributed by atoms with E-state index in [1.165, 1.54) is 0 Å². The molecule has 0 bridgehead atoms. The van der Waals surface area contributed by atoms with E-state index in [9.17, 15) is 4.79 Å². The van der Waals surface area contributed by atoms with E-state index in [0.717, 1.165) is 31.6 Å². The lowest BCUT2D eigenvalue weighted by atomic mass is 10.2. The zero-order valence-corrected chi connectivity index (χ0v) is 11.9. The number of hydrogen-bond acceptors (Lipinski definition) is 5. The van der Waals surface area contributed by atoms with Crippen LogP contribution in [-0.2, 0) is 17.9 Å². The first kappa shape index (κ1) is 15.6. The molecule has 1 rings (SSSR count). The Balaban J connectivity index is 2.72. The van der Waals surface area contributed by atoms with Gasteiger partial charge < -0.3 is 5.11 Å². The van der Waals surface area contributed by atoms with Crippen LogP contribution in [0.4, 0.5) is 0 Å². The second kappa shape index (κ2) is 7.83. The van der Waals surface area contributed by atoms with Crippen molar-refractivity contribution in [1.82, 2.24) is 25.1 Å². The summed E-state index contributed by atoms with van der Waals surface area (Å²) in [7, 11) is 0. The molecule has 108 valence electrons. The molecule has 0 aliphatic carbocycles. The number of carboxylic acid groups (broad SMARTS) is 1. The van der Waals surface area contributed by atoms with Gasteiger partial charge in [0.1, 0.15) is 0 Å². The SMILES string of the molecule is CCCCn1nnnc1CN(CC(=O)O)C(C)CC. The van der Waals surface area contributed by atoms with Crippen molar-refractivity contribution in [3.63, 3.8) is 0 Å². The van der Waals surface area contributed by atoms with Crippen molar-refractivity contribution in [2.24, 2.45) is 0 Å². The lowest BCUT2D eigenvalue weighted by Gasteiger charge is -2.25. The first-order valence-corrected chi connectivity index (χ1v) is 6.79. The summed E-state index contributed by atoms with van der Waals surface area (Å²) in [5.41, 5.74) is 0. The van der Waals surface area contributed by atoms with Crippen LogP contribution < -0.4 is 0 Å². The maximum atomic E-state index is 10.9. The largest absolute Gasteiger partial charge is 0.480 e. The van der Waals surface area contributed by atoms with Gasteiger partial charge in [-0.2, -0.15) is 0 Å². The van der Waals surface area contributed by atoms with E-state index in [2.05, 4.69) is 22.4 Å². The summed E-state index contributed by atoms with van der Waals surface area (Å²) in [6.07, 6.45) is 2.98. The average molecular weight is 269 g/mol. The van der Waals surface area contributed by atoms with Crippen molar-refractivity contribution in [2.75, 3.05) is 6.54 Å². The summed E-state index contributed by atoms with van der Waals surface area (Å²) in [4.78, 5) is 12.8. The Hall–Kier alpha value is -1.50. The second-order valence-electron chi connectivity index (χ2n) is 4.73. The minimum atomic E-state index is -0.826. The molecule has 0 saturated carbocycles. The molecule has 1 heterocycles. The molecule has 0 fully saturated rings. The molecule has 0 aliphatic heterocycles. The molecule has 1 aromatic rings. The summed E-state index contributed by atoms with van der Waals surface area (Å²) in [6.45, 7) is 7.43. The number of aliphatic carboxylic acids is 1. The van der Waals surface area contributed by atoms with Gasteiger partial charge >= 0.3 is 5.97 Å². The van der Waals surface area contributed by atoms with Crippen molar-refractivity contribution in [1.29, 1.82) is 0 Å². The molecule has 0 radical (unpaired) electrons. The fourth-order valence-corrected chi connectivity index (χ4v) is 1.80. The monoisotopic (exact) mass is 269 g/mol. The number of hydrogen-bond donors (Lipinski definition) is 1. The molecule has 19 heavy (non-hydrogen) atoms. The number of nitrogens with zero attached hydrogens (tertiary/aromatic N) is 5. The molecule has 1 N–H and O–H groups in total. The molecule has 7 nitrogen and oxygen atoms in total. The lowest BCUT2D eigenvalue weighted by molar-refractivity contribution is -0.139. The minimum absolute atomic E-state index is 0.00957. The van der Waals surface area contributed by atoms with E-state index in [1.54, 1.807) is 4.68 Å². The van der Waals surface area contributed by atoms with Gasteiger partial charge in [0.25, 0.3) is 0 Å². The Bertz CT molecular complexity index is 393. The number of aryl methyl sites for hydroxylation is 1. The molecule has 0 saturated heterocycles. The Labute approximate surface area is 113 Å². The second-order valence-corrected chi connectivity index (χ2v) is 4.73. The van der Waals surface area contributed by atoms with Crippen molar-refractivity contribution in [3.05, 3.63) is 5.82 Å². The molecule has 1 unspecified atom stereocenters. The molecular weight excluding hydrogens is 246 g/mol. The van der Waals surface area contributed by atoms with Crippen molar-refractivity contribution >= 4 is 5.97 Å². The Morgan fingerprint density at radius 1 is 1.47 bits per heavy atom. The van der Waals surface area contributed by atoms with Crippen molar-refractivity contribution in [2.45, 2.75) is 59.2 Å². The topological polar surface area (TPSA) is 84.1 Å². The predicted octanol–water partition coefficient (Wildman–Crippen LogP) is 1.16. The summed E-state index contributed by atoms with van der Waals surface area (Å²) in [6, 6.07) is 0.187. The van der Waals surface area contributed by atoms with Gasteiger partial charge in [0.15, 0.2) is 5.82 Å². The van der Waals surface area contributed by atoms with E-state index in [0.29, 0.717) is 6.54 Å². The van der Waals surface area contributed by atoms with Crippen LogP contribution in [0, 0.1) is 0 Å². The highest BCUT2D eigenvalue weighted by atomic mass is 16.4. The summed E-state index contributed by atoms with van der Waals surface area (Å²) >= 11 is 0. The van der Waals surface area contributed by atoms with Crippen molar-refractivity contribution < 1.29 is 9.90 Å². The van der Waals surface area contributed by atoms with Crippen LogP contribution in [0.5, 0.6) is 0 Å². The smallest absolute Gasteiger partial charge is 0.317 e. The Morgan fingerprint density at radius 2 is 2.21 bits per heavy atom. The third-order valence-electron chi connectivity index (χ3n) is 3.23. The first-order valence-electron chi connectivity index (χ1n) is 6.79. The first-order chi connectivity index (χ1) is 9.08. The fourth-order valence-electron chi connectivity index (χ4n) is 1.80. The number of unbranched alkanes of at least 4 members (excludes halogenated alkanes) is 1. The van der Waals surface area contributed by atoms with Gasteiger partial charge in [-0.05, 0) is 30.2 Å². The molecule has 0 aliphatic rings. The third-order valence-corrected chi connectivity index (χ3v) is 3.23. The zero-order valence-electron chi connectivity index (χ0n) is 11.9. The lowest BCUT2D eigenvalue weighted by Crippen LogP contribution is -2.37. The molecular formula is C12H23N5O2. The number of tetrazole rings is 1. The normalized spacial score (nSPS) is 12.8. The maximum absolute atomic E-state index is 10.9. The van der Waals surface area contributed by atoms with Crippen LogP contribution in [0.1, 0.15) is 45.9 Å². The Kier molecular flexibility index (Phi) is 6.41. The molecule has 7 heteroatoms. The van der Waals surface area contributed by atoms with Crippen LogP contribution in [0.25, 0.3) is 0 Å². The fraction of sp³-hybridized carbons (Fsp3) is 0.833. The van der Waals surface area contributed by atoms with E-state index in [1.807, 2.05) is 18.7 Å². The molecule has 0 spiro atoms. The van der Waals surface area contributed by atoms with Gasteiger partial charge in [-0.3, -0.25) is 9.69 Å². The number of carboxylic acids is 1. The Morgan fingerprint density at radius 3 is 2.79 bits per heavy atom. The van der Waals surface area contributed by atoms with Gasteiger partial charge in [0.2, 0.25) is 0 Å². The van der Waals surface area contributed by atoms with Gasteiger partial charge in [0.05, 0.1) is 13.1 Å². The summed E-state index contributed by atoms with van der Waals surface area (Å²) in [5.74, 6) is -0.0946. The quantitative estimate of drug-likeness (QED) is 0.724. The highest BCUT2D eigenvalue weighted by Crippen LogP contribution is 2.08. The van der Waals surface area contributed by atoms with Crippen LogP contribution in [0.2, 0.25) is 0 Å². The minimum Gasteiger partial charge on any atom is -0.480 e. The summed E-state index contributed by atoms with van der Waals surface area (Å²) in [5, 5.41) is 20.6. The number of carbonyl (C=O) groups is 1. The summed E-state index contributed by atoms with van der Waals surface area (Å²) < 4.78 is 1.76. The zero-order chi connectivity index (χ0) is 14.3. The number of aromatic nitrogens is 4. The van der Waals surface area contributed by atoms with Gasteiger partial charge in [-0.15, -0.1) is 5.10 Å². The highest BCUT2D eigenvalue weighted by molar-refractivity contribution is 5.69. The third kappa shape index (κ3) is 4.94. The molecule has 0 aromatic carbocycles. The van der Waals surface area contributed by atoms with Crippen LogP contribution in [0.15, 0.2) is 0 Å². The molecule has 1 atom stereocenters. The number of rotatable bonds is 9. The van der Waals surface area contributed by atoms with Crippen LogP contribution in [-0.4, -0.2) is 48.8 Å². The van der Waals surface area contributed by atoms with Crippen molar-refractivity contribution in [3.8, 4) is 0 Å². The van der Waals surface area contributed by atoms with Gasteiger partial charge in [-0.1, -0.05) is 20.3 Å². The molecule has 1 aromatic heterocycles. The maximum Gasteiger partial charge on any atom is 0.317 e.